The van der Waals surface area contributed by atoms with Crippen molar-refractivity contribution in [3.63, 3.8) is 0 Å². The molecule has 0 spiro atoms. The van der Waals surface area contributed by atoms with Crippen LogP contribution in [0.15, 0.2) is 54.6 Å². The normalized spacial score (nSPS) is 13.3. The Kier molecular flexibility index (Phi) is 16.4. The van der Waals surface area contributed by atoms with Crippen molar-refractivity contribution >= 4 is 24.8 Å². The number of hydrogen-bond donors (Lipinski definition) is 4. The number of unbranched alkanes of at least 4 members (excludes halogenated alkanes) is 11. The van der Waals surface area contributed by atoms with E-state index in [9.17, 15) is 19.5 Å². The first kappa shape index (κ1) is 32.4. The van der Waals surface area contributed by atoms with Crippen LogP contribution in [0.4, 0.5) is 0 Å². The Hall–Kier alpha value is -1.82. The van der Waals surface area contributed by atoms with E-state index < -0.39 is 14.2 Å². The molecule has 2 aromatic rings. The van der Waals surface area contributed by atoms with Crippen LogP contribution in [-0.4, -0.2) is 33.2 Å². The molecule has 0 heterocycles. The number of carbonyl (C=O) groups is 1. The monoisotopic (exact) mass is 547 g/mol. The van der Waals surface area contributed by atoms with Crippen LogP contribution in [0.2, 0.25) is 0 Å². The van der Waals surface area contributed by atoms with Gasteiger partial charge in [0.05, 0.1) is 0 Å². The maximum atomic E-state index is 12.6. The van der Waals surface area contributed by atoms with Crippen molar-refractivity contribution < 1.29 is 24.0 Å². The van der Waals surface area contributed by atoms with Gasteiger partial charge in [0.15, 0.2) is 0 Å². The first-order chi connectivity index (χ1) is 18.4. The molecule has 2 rings (SSSR count). The van der Waals surface area contributed by atoms with Crippen molar-refractivity contribution in [1.82, 2.24) is 5.32 Å². The Labute approximate surface area is 230 Å². The molecule has 4 N–H and O–H groups in total. The first-order valence-corrected chi connectivity index (χ1v) is 16.4. The topological polar surface area (TPSA) is 99.0 Å². The molecule has 1 amide bonds. The molecule has 0 saturated carbocycles. The molecule has 2 aromatic carbocycles. The van der Waals surface area contributed by atoms with E-state index in [0.717, 1.165) is 42.0 Å². The number of benzene rings is 2. The summed E-state index contributed by atoms with van der Waals surface area (Å²) in [7, 11) is -4.66. The molecule has 0 fully saturated rings. The molecule has 7 heteroatoms. The summed E-state index contributed by atoms with van der Waals surface area (Å²) >= 11 is 0. The second-order valence-electron chi connectivity index (χ2n) is 10.3. The third kappa shape index (κ3) is 14.9. The van der Waals surface area contributed by atoms with Gasteiger partial charge >= 0.3 is 166 Å². The zero-order valence-corrected chi connectivity index (χ0v) is 24.2. The minimum atomic E-state index is -4.66. The summed E-state index contributed by atoms with van der Waals surface area (Å²) in [5, 5.41) is 5.14. The van der Waals surface area contributed by atoms with Crippen molar-refractivity contribution in [1.29, 1.82) is 0 Å². The van der Waals surface area contributed by atoms with E-state index in [1.54, 1.807) is 0 Å². The van der Waals surface area contributed by atoms with Gasteiger partial charge in [-0.3, -0.25) is 0 Å². The number of carbonyl (C=O) groups excluding carboxylic acids is 1. The molecule has 0 aromatic heterocycles. The average molecular weight is 548 g/mol. The second kappa shape index (κ2) is 19.3. The van der Waals surface area contributed by atoms with Gasteiger partial charge in [0.25, 0.3) is 0 Å². The molecule has 0 aliphatic heterocycles. The summed E-state index contributed by atoms with van der Waals surface area (Å²) in [6.45, 7) is 2.08. The van der Waals surface area contributed by atoms with Gasteiger partial charge in [-0.2, -0.15) is 0 Å². The van der Waals surface area contributed by atoms with Crippen LogP contribution in [0.3, 0.4) is 0 Å². The van der Waals surface area contributed by atoms with E-state index in [-0.39, 0.29) is 12.5 Å². The maximum absolute atomic E-state index is 12.6. The fourth-order valence-corrected chi connectivity index (χ4v) is 5.18. The Morgan fingerprint density at radius 1 is 0.842 bits per heavy atom. The number of allylic oxidation sites excluding steroid dienone is 2. The molecule has 1 unspecified atom stereocenters. The van der Waals surface area contributed by atoms with E-state index in [1.165, 1.54) is 57.8 Å². The van der Waals surface area contributed by atoms with Crippen LogP contribution in [0.5, 0.6) is 0 Å². The van der Waals surface area contributed by atoms with Crippen LogP contribution in [0, 0.1) is 0 Å². The van der Waals surface area contributed by atoms with Gasteiger partial charge < -0.3 is 0 Å². The summed E-state index contributed by atoms with van der Waals surface area (Å²) in [6.07, 6.45) is 21.3. The molecule has 0 aliphatic carbocycles. The predicted molar refractivity (Wildman–Crippen MR) is 160 cm³/mol. The van der Waals surface area contributed by atoms with E-state index in [4.69, 9.17) is 4.52 Å². The summed E-state index contributed by atoms with van der Waals surface area (Å²) in [5.41, 5.74) is 1.03. The fourth-order valence-electron chi connectivity index (χ4n) is 4.76. The van der Waals surface area contributed by atoms with Crippen LogP contribution >= 0.6 is 8.17 Å². The summed E-state index contributed by atoms with van der Waals surface area (Å²) < 4.78 is 4.89. The van der Waals surface area contributed by atoms with Gasteiger partial charge in [-0.05, 0) is 12.8 Å². The number of hydrogen-bond acceptors (Lipinski definition) is 5. The quantitative estimate of drug-likeness (QED) is 0.0746. The summed E-state index contributed by atoms with van der Waals surface area (Å²) in [5.74, 6) is -0.0856. The van der Waals surface area contributed by atoms with E-state index >= 15 is 0 Å². The Bertz CT molecular complexity index is 938. The number of fused-ring (bicyclic) bond motifs is 1. The second-order valence-corrected chi connectivity index (χ2v) is 11.8. The van der Waals surface area contributed by atoms with Gasteiger partial charge in [-0.15, -0.1) is 0 Å². The van der Waals surface area contributed by atoms with Crippen LogP contribution in [0.1, 0.15) is 102 Å². The number of nitrogens with one attached hydrogen (secondary N) is 1. The van der Waals surface area contributed by atoms with Crippen molar-refractivity contribution in [2.45, 2.75) is 109 Å². The Balaban J connectivity index is 1.64. The minimum absolute atomic E-state index is 0.0856. The zero-order chi connectivity index (χ0) is 27.5. The van der Waals surface area contributed by atoms with Crippen LogP contribution in [-0.2, 0) is 15.7 Å². The van der Waals surface area contributed by atoms with E-state index in [1.807, 2.05) is 42.5 Å². The fraction of sp³-hybridized carbons (Fsp3) is 0.581. The molecule has 6 nitrogen and oxygen atoms in total. The van der Waals surface area contributed by atoms with Gasteiger partial charge in [0.2, 0.25) is 0 Å². The molecule has 0 bridgehead atoms. The van der Waals surface area contributed by atoms with Crippen molar-refractivity contribution in [2.24, 2.45) is 0 Å². The van der Waals surface area contributed by atoms with Crippen molar-refractivity contribution in [2.75, 3.05) is 6.61 Å². The SMILES string of the molecule is CCCCCCCC/C=C\CCCCCCCC(=O)NC(CO[PH](O)(O)O)Cc1cccc2ccccc12. The molecule has 0 aliphatic rings. The third-order valence-electron chi connectivity index (χ3n) is 6.86. The Morgan fingerprint density at radius 2 is 1.45 bits per heavy atom. The summed E-state index contributed by atoms with van der Waals surface area (Å²) in [4.78, 5) is 40.5. The molecule has 214 valence electrons. The molecule has 1 atom stereocenters. The number of rotatable bonds is 21. The van der Waals surface area contributed by atoms with Gasteiger partial charge in [-0.1, -0.05) is 51.2 Å². The first-order valence-electron chi connectivity index (χ1n) is 14.6. The van der Waals surface area contributed by atoms with Gasteiger partial charge in [0, 0.05) is 0 Å². The molecule has 38 heavy (non-hydrogen) atoms. The van der Waals surface area contributed by atoms with Gasteiger partial charge in [-0.25, -0.2) is 0 Å². The van der Waals surface area contributed by atoms with Crippen molar-refractivity contribution in [3.8, 4) is 0 Å². The zero-order valence-electron chi connectivity index (χ0n) is 23.2. The van der Waals surface area contributed by atoms with Gasteiger partial charge in [0.1, 0.15) is 0 Å². The molecular weight excluding hydrogens is 497 g/mol. The van der Waals surface area contributed by atoms with E-state index in [2.05, 4.69) is 24.4 Å². The summed E-state index contributed by atoms with van der Waals surface area (Å²) in [6, 6.07) is 13.5. The predicted octanol–water partition coefficient (Wildman–Crippen LogP) is 7.31. The van der Waals surface area contributed by atoms with Crippen molar-refractivity contribution in [3.05, 3.63) is 60.2 Å². The standard InChI is InChI=1S/C31H50NO5P/c1-2-3-4-5-6-7-8-9-10-11-12-13-14-15-16-24-31(33)32-29(26-37-38(34,35)36)25-28-22-19-21-27-20-17-18-23-30(27)28/h9-10,17-23,29,34-36,38H,2-8,11-16,24-26H2,1H3,(H,32,33)/b10-9-. The molecule has 0 radical (unpaired) electrons. The average Bonchev–Trinajstić information content (AvgIpc) is 2.89. The third-order valence-corrected chi connectivity index (χ3v) is 7.41. The van der Waals surface area contributed by atoms with E-state index in [0.29, 0.717) is 12.8 Å². The Morgan fingerprint density at radius 3 is 2.13 bits per heavy atom. The van der Waals surface area contributed by atoms with Crippen LogP contribution < -0.4 is 5.32 Å². The molecular formula is C31H50NO5P. The van der Waals surface area contributed by atoms with Crippen LogP contribution in [0.25, 0.3) is 10.8 Å². The number of amides is 1. The molecule has 0 saturated heterocycles.